The summed E-state index contributed by atoms with van der Waals surface area (Å²) in [6.45, 7) is 19.1. The van der Waals surface area contributed by atoms with Gasteiger partial charge in [0.05, 0.1) is 30.8 Å². The molecule has 47 heavy (non-hydrogen) atoms. The van der Waals surface area contributed by atoms with Gasteiger partial charge >= 0.3 is 11.5 Å². The largest absolute Gasteiger partial charge is 0.455 e. The molecule has 5 heterocycles. The van der Waals surface area contributed by atoms with Gasteiger partial charge in [-0.15, -0.1) is 4.57 Å². The Balaban J connectivity index is 1.55. The van der Waals surface area contributed by atoms with E-state index in [4.69, 9.17) is 4.42 Å². The average molecular weight is 634 g/mol. The zero-order chi connectivity index (χ0) is 32.6. The molecule has 234 valence electrons. The zero-order valence-corrected chi connectivity index (χ0v) is 29.8. The van der Waals surface area contributed by atoms with Crippen LogP contribution in [0.1, 0.15) is 56.0 Å². The third-order valence-electron chi connectivity index (χ3n) is 10.6. The minimum Gasteiger partial charge on any atom is -0.455 e. The molecule has 4 aromatic carbocycles. The Labute approximate surface area is 277 Å². The highest BCUT2D eigenvalue weighted by Crippen LogP contribution is 2.55. The molecule has 2 aliphatic heterocycles. The summed E-state index contributed by atoms with van der Waals surface area (Å²) in [6.07, 6.45) is 3.66. The maximum absolute atomic E-state index is 6.90. The number of rotatable bonds is 4. The number of para-hydroxylation sites is 3. The molecule has 4 nitrogen and oxygen atoms in total. The molecule has 1 atom stereocenters. The van der Waals surface area contributed by atoms with Gasteiger partial charge in [-0.1, -0.05) is 75.5 Å². The van der Waals surface area contributed by atoms with Crippen LogP contribution in [0.5, 0.6) is 0 Å². The van der Waals surface area contributed by atoms with Crippen LogP contribution in [0.3, 0.4) is 0 Å². The lowest BCUT2D eigenvalue weighted by Gasteiger charge is -2.24. The van der Waals surface area contributed by atoms with Gasteiger partial charge in [-0.25, -0.2) is 4.57 Å². The van der Waals surface area contributed by atoms with Crippen molar-refractivity contribution in [2.75, 3.05) is 0 Å². The van der Waals surface area contributed by atoms with E-state index in [1.165, 1.54) is 66.7 Å². The van der Waals surface area contributed by atoms with Crippen LogP contribution in [0.25, 0.3) is 55.6 Å². The summed E-state index contributed by atoms with van der Waals surface area (Å²) in [6, 6.07) is 32.1. The lowest BCUT2D eigenvalue weighted by Crippen LogP contribution is -2.61. The summed E-state index contributed by atoms with van der Waals surface area (Å²) in [4.78, 5) is 0. The summed E-state index contributed by atoms with van der Waals surface area (Å²) < 4.78 is 14.8. The molecule has 0 amide bonds. The maximum atomic E-state index is 6.90. The minimum absolute atomic E-state index is 0.243. The van der Waals surface area contributed by atoms with E-state index in [0.717, 1.165) is 17.6 Å². The Bertz CT molecular complexity index is 2460. The normalized spacial score (nSPS) is 16.6. The molecule has 0 radical (unpaired) electrons. The van der Waals surface area contributed by atoms with Crippen molar-refractivity contribution in [3.63, 3.8) is 0 Å². The fourth-order valence-electron chi connectivity index (χ4n) is 8.85. The number of aryl methyl sites for hydroxylation is 1. The molecule has 7 aromatic rings. The standard InChI is InChI=1S/C42H43N3OSi/c1-25(2)21-28-23-36-31-18-17-27(5)22-33(31)42(43(36)24-38(28)47(6,7)8)32-20-19-30-29-13-9-12-16-37(29)46-40(30)39(32)41-44(26(3)4)34-14-10-11-15-35(34)45(41)42/h9-20,22-26H,21H2,1-8H3/q+2. The van der Waals surface area contributed by atoms with Gasteiger partial charge in [0.2, 0.25) is 5.69 Å². The molecule has 0 fully saturated rings. The first kappa shape index (κ1) is 28.7. The SMILES string of the molecule is Cc1ccc2c(c1)C1(c3ccc4c(oc5ccccc54)c3-c3n1c1ccccc1[n+]3C(C)C)[n+]1cc([Si](C)(C)C)c(CC(C)C)cc1-2. The van der Waals surface area contributed by atoms with Crippen LogP contribution >= 0.6 is 0 Å². The van der Waals surface area contributed by atoms with Crippen LogP contribution < -0.4 is 14.3 Å². The second kappa shape index (κ2) is 9.54. The monoisotopic (exact) mass is 633 g/mol. The predicted molar refractivity (Wildman–Crippen MR) is 195 cm³/mol. The minimum atomic E-state index is -1.74. The molecule has 2 aliphatic rings. The molecule has 5 heteroatoms. The number of pyridine rings is 1. The summed E-state index contributed by atoms with van der Waals surface area (Å²) in [5.41, 5.74) is 13.0. The van der Waals surface area contributed by atoms with Gasteiger partial charge in [0.25, 0.3) is 0 Å². The average Bonchev–Trinajstić information content (AvgIpc) is 3.72. The molecule has 0 N–H and O–H groups in total. The molecule has 3 aromatic heterocycles. The molecule has 1 spiro atoms. The van der Waals surface area contributed by atoms with Gasteiger partial charge in [-0.2, -0.15) is 4.57 Å². The molecule has 0 saturated carbocycles. The van der Waals surface area contributed by atoms with E-state index in [0.29, 0.717) is 5.92 Å². The van der Waals surface area contributed by atoms with Crippen molar-refractivity contribution in [1.29, 1.82) is 0 Å². The van der Waals surface area contributed by atoms with Crippen molar-refractivity contribution in [3.8, 4) is 22.6 Å². The lowest BCUT2D eigenvalue weighted by atomic mass is 9.88. The van der Waals surface area contributed by atoms with Crippen LogP contribution in [0.4, 0.5) is 0 Å². The Kier molecular flexibility index (Phi) is 5.83. The molecular formula is C42H43N3OSi+2. The van der Waals surface area contributed by atoms with E-state index >= 15 is 0 Å². The molecule has 9 rings (SSSR count). The van der Waals surface area contributed by atoms with E-state index in [9.17, 15) is 0 Å². The van der Waals surface area contributed by atoms with Crippen molar-refractivity contribution in [2.45, 2.75) is 72.4 Å². The fourth-order valence-corrected chi connectivity index (χ4v) is 10.5. The fraction of sp³-hybridized carbons (Fsp3) is 0.286. The Hall–Kier alpha value is -4.48. The van der Waals surface area contributed by atoms with Crippen molar-refractivity contribution in [2.24, 2.45) is 5.92 Å². The molecule has 1 unspecified atom stereocenters. The smallest absolute Gasteiger partial charge is 0.364 e. The highest BCUT2D eigenvalue weighted by molar-refractivity contribution is 6.89. The van der Waals surface area contributed by atoms with Crippen molar-refractivity contribution >= 4 is 46.2 Å². The number of nitrogens with zero attached hydrogens (tertiary/aromatic N) is 3. The topological polar surface area (TPSA) is 25.8 Å². The van der Waals surface area contributed by atoms with Gasteiger partial charge in [-0.3, -0.25) is 0 Å². The Morgan fingerprint density at radius 3 is 2.36 bits per heavy atom. The third-order valence-corrected chi connectivity index (χ3v) is 12.7. The Morgan fingerprint density at radius 1 is 0.830 bits per heavy atom. The van der Waals surface area contributed by atoms with Crippen LogP contribution in [0.2, 0.25) is 19.6 Å². The van der Waals surface area contributed by atoms with Gasteiger partial charge in [0, 0.05) is 22.0 Å². The quantitative estimate of drug-likeness (QED) is 0.140. The van der Waals surface area contributed by atoms with Crippen LogP contribution in [-0.2, 0) is 12.1 Å². The van der Waals surface area contributed by atoms with Crippen LogP contribution in [0.15, 0.2) is 95.5 Å². The summed E-state index contributed by atoms with van der Waals surface area (Å²) in [7, 11) is -1.74. The number of benzene rings is 4. The second-order valence-corrected chi connectivity index (χ2v) is 20.7. The first-order valence-corrected chi connectivity index (χ1v) is 20.7. The van der Waals surface area contributed by atoms with Gasteiger partial charge in [0.15, 0.2) is 22.8 Å². The van der Waals surface area contributed by atoms with E-state index in [-0.39, 0.29) is 6.04 Å². The van der Waals surface area contributed by atoms with Gasteiger partial charge in [0.1, 0.15) is 11.1 Å². The van der Waals surface area contributed by atoms with Crippen LogP contribution in [0, 0.1) is 12.8 Å². The summed E-state index contributed by atoms with van der Waals surface area (Å²) >= 11 is 0. The van der Waals surface area contributed by atoms with Gasteiger partial charge < -0.3 is 4.42 Å². The molecular weight excluding hydrogens is 591 g/mol. The number of fused-ring (bicyclic) bond motifs is 16. The zero-order valence-electron chi connectivity index (χ0n) is 28.8. The van der Waals surface area contributed by atoms with Crippen LogP contribution in [-0.4, -0.2) is 12.6 Å². The number of hydrogen-bond acceptors (Lipinski definition) is 1. The molecule has 0 aliphatic carbocycles. The van der Waals surface area contributed by atoms with E-state index in [1.54, 1.807) is 5.19 Å². The third kappa shape index (κ3) is 3.64. The van der Waals surface area contributed by atoms with Crippen molar-refractivity contribution < 1.29 is 13.6 Å². The van der Waals surface area contributed by atoms with E-state index in [1.807, 2.05) is 0 Å². The summed E-state index contributed by atoms with van der Waals surface area (Å²) in [5.74, 6) is 1.80. The lowest BCUT2D eigenvalue weighted by molar-refractivity contribution is -0.735. The highest BCUT2D eigenvalue weighted by Gasteiger charge is 2.67. The van der Waals surface area contributed by atoms with Crippen molar-refractivity contribution in [1.82, 2.24) is 4.57 Å². The first-order chi connectivity index (χ1) is 22.5. The predicted octanol–water partition coefficient (Wildman–Crippen LogP) is 9.01. The van der Waals surface area contributed by atoms with E-state index < -0.39 is 13.7 Å². The Morgan fingerprint density at radius 2 is 1.60 bits per heavy atom. The number of hydrogen-bond donors (Lipinski definition) is 0. The molecule has 0 saturated heterocycles. The second-order valence-electron chi connectivity index (χ2n) is 15.6. The number of furan rings is 1. The molecule has 0 bridgehead atoms. The highest BCUT2D eigenvalue weighted by atomic mass is 28.3. The first-order valence-electron chi connectivity index (χ1n) is 17.2. The van der Waals surface area contributed by atoms with E-state index in [2.05, 4.69) is 159 Å². The number of aromatic nitrogens is 3. The maximum Gasteiger partial charge on any atom is 0.364 e. The summed E-state index contributed by atoms with van der Waals surface area (Å²) in [5, 5.41) is 3.89. The van der Waals surface area contributed by atoms with Gasteiger partial charge in [-0.05, 0) is 81.1 Å². The number of imidazole rings is 1. The van der Waals surface area contributed by atoms with Crippen molar-refractivity contribution in [3.05, 3.63) is 113 Å².